The van der Waals surface area contributed by atoms with Gasteiger partial charge in [0.25, 0.3) is 0 Å². The molecule has 2 nitrogen and oxygen atoms in total. The van der Waals surface area contributed by atoms with Gasteiger partial charge in [-0.3, -0.25) is 0 Å². The molecule has 0 aliphatic rings. The Bertz CT molecular complexity index is 326. The first-order valence-electron chi connectivity index (χ1n) is 6.31. The van der Waals surface area contributed by atoms with Crippen molar-refractivity contribution in [1.29, 1.82) is 0 Å². The molecule has 0 heterocycles. The first kappa shape index (κ1) is 14.2. The van der Waals surface area contributed by atoms with Crippen LogP contribution in [0.25, 0.3) is 0 Å². The van der Waals surface area contributed by atoms with Crippen molar-refractivity contribution >= 4 is 11.6 Å². The average Bonchev–Trinajstić information content (AvgIpc) is 2.33. The molecule has 1 aromatic rings. The number of hydrogen-bond donors (Lipinski definition) is 2. The van der Waals surface area contributed by atoms with E-state index in [9.17, 15) is 10.2 Å². The summed E-state index contributed by atoms with van der Waals surface area (Å²) < 4.78 is 0. The van der Waals surface area contributed by atoms with Crippen LogP contribution in [0.1, 0.15) is 44.1 Å². The second kappa shape index (κ2) is 8.24. The topological polar surface area (TPSA) is 40.5 Å². The lowest BCUT2D eigenvalue weighted by atomic mass is 10.0. The molecular formula is C14H21ClO2. The maximum absolute atomic E-state index is 9.61. The number of unbranched alkanes of at least 4 members (excludes halogenated alkanes) is 5. The van der Waals surface area contributed by atoms with E-state index < -0.39 is 0 Å². The van der Waals surface area contributed by atoms with Crippen LogP contribution in [0.15, 0.2) is 18.2 Å². The fourth-order valence-corrected chi connectivity index (χ4v) is 2.09. The summed E-state index contributed by atoms with van der Waals surface area (Å²) in [6, 6.07) is 5.14. The summed E-state index contributed by atoms with van der Waals surface area (Å²) in [5.41, 5.74) is 0.839. The Hall–Kier alpha value is -0.890. The number of halogens is 1. The van der Waals surface area contributed by atoms with Gasteiger partial charge in [0, 0.05) is 5.88 Å². The third-order valence-electron chi connectivity index (χ3n) is 2.93. The number of phenolic OH excluding ortho intramolecular Hbond substituents is 2. The van der Waals surface area contributed by atoms with E-state index in [1.165, 1.54) is 25.3 Å². The zero-order valence-electron chi connectivity index (χ0n) is 10.2. The smallest absolute Gasteiger partial charge is 0.160 e. The molecule has 17 heavy (non-hydrogen) atoms. The summed E-state index contributed by atoms with van der Waals surface area (Å²) in [6.45, 7) is 0. The molecule has 0 saturated carbocycles. The van der Waals surface area contributed by atoms with Gasteiger partial charge in [0.05, 0.1) is 0 Å². The number of para-hydroxylation sites is 1. The standard InChI is InChI=1S/C14H21ClO2/c15-11-6-4-2-1-3-5-8-12-9-7-10-13(16)14(12)17/h7,9-10,16-17H,1-6,8,11H2. The Balaban J connectivity index is 2.16. The summed E-state index contributed by atoms with van der Waals surface area (Å²) in [7, 11) is 0. The molecule has 0 aliphatic heterocycles. The number of alkyl halides is 1. The zero-order chi connectivity index (χ0) is 12.5. The minimum atomic E-state index is -0.0235. The Labute approximate surface area is 108 Å². The predicted octanol–water partition coefficient (Wildman–Crippen LogP) is 4.22. The van der Waals surface area contributed by atoms with E-state index in [0.717, 1.165) is 37.1 Å². The molecule has 0 amide bonds. The fraction of sp³-hybridized carbons (Fsp3) is 0.571. The Morgan fingerprint density at radius 2 is 1.53 bits per heavy atom. The Morgan fingerprint density at radius 1 is 0.882 bits per heavy atom. The van der Waals surface area contributed by atoms with Crippen LogP contribution in [0.2, 0.25) is 0 Å². The minimum absolute atomic E-state index is 0.0235. The lowest BCUT2D eigenvalue weighted by Gasteiger charge is -2.05. The number of phenols is 2. The Morgan fingerprint density at radius 3 is 2.24 bits per heavy atom. The molecule has 0 saturated heterocycles. The summed E-state index contributed by atoms with van der Waals surface area (Å²) in [4.78, 5) is 0. The van der Waals surface area contributed by atoms with Crippen LogP contribution in [0.4, 0.5) is 0 Å². The van der Waals surface area contributed by atoms with Crippen molar-refractivity contribution in [2.45, 2.75) is 44.9 Å². The van der Waals surface area contributed by atoms with Gasteiger partial charge in [-0.1, -0.05) is 37.8 Å². The van der Waals surface area contributed by atoms with Gasteiger partial charge in [0.15, 0.2) is 11.5 Å². The van der Waals surface area contributed by atoms with Crippen LogP contribution in [0.5, 0.6) is 11.5 Å². The highest BCUT2D eigenvalue weighted by Crippen LogP contribution is 2.29. The van der Waals surface area contributed by atoms with Gasteiger partial charge < -0.3 is 10.2 Å². The molecule has 0 unspecified atom stereocenters. The van der Waals surface area contributed by atoms with Crippen LogP contribution < -0.4 is 0 Å². The molecule has 0 spiro atoms. The summed E-state index contributed by atoms with van der Waals surface area (Å²) >= 11 is 5.60. The van der Waals surface area contributed by atoms with Gasteiger partial charge in [-0.2, -0.15) is 0 Å². The van der Waals surface area contributed by atoms with Crippen molar-refractivity contribution in [1.82, 2.24) is 0 Å². The van der Waals surface area contributed by atoms with Gasteiger partial charge in [0.1, 0.15) is 0 Å². The predicted molar refractivity (Wildman–Crippen MR) is 71.9 cm³/mol. The molecule has 1 aromatic carbocycles. The largest absolute Gasteiger partial charge is 0.504 e. The summed E-state index contributed by atoms with van der Waals surface area (Å²) in [6.07, 6.45) is 7.82. The molecule has 0 bridgehead atoms. The van der Waals surface area contributed by atoms with Crippen molar-refractivity contribution in [2.75, 3.05) is 5.88 Å². The number of aromatic hydroxyl groups is 2. The molecule has 0 fully saturated rings. The third kappa shape index (κ3) is 5.31. The average molecular weight is 257 g/mol. The fourth-order valence-electron chi connectivity index (χ4n) is 1.90. The van der Waals surface area contributed by atoms with E-state index in [4.69, 9.17) is 11.6 Å². The molecule has 1 rings (SSSR count). The van der Waals surface area contributed by atoms with Crippen LogP contribution in [0.3, 0.4) is 0 Å². The third-order valence-corrected chi connectivity index (χ3v) is 3.20. The normalized spacial score (nSPS) is 10.6. The van der Waals surface area contributed by atoms with Crippen molar-refractivity contribution < 1.29 is 10.2 Å². The molecule has 0 radical (unpaired) electrons. The molecular weight excluding hydrogens is 236 g/mol. The van der Waals surface area contributed by atoms with Crippen LogP contribution >= 0.6 is 11.6 Å². The molecule has 96 valence electrons. The second-order valence-electron chi connectivity index (χ2n) is 4.35. The van der Waals surface area contributed by atoms with E-state index in [-0.39, 0.29) is 11.5 Å². The van der Waals surface area contributed by atoms with Crippen molar-refractivity contribution in [3.05, 3.63) is 23.8 Å². The monoisotopic (exact) mass is 256 g/mol. The van der Waals surface area contributed by atoms with Gasteiger partial charge >= 0.3 is 0 Å². The number of aryl methyl sites for hydroxylation is 1. The van der Waals surface area contributed by atoms with Crippen LogP contribution in [0, 0.1) is 0 Å². The summed E-state index contributed by atoms with van der Waals surface area (Å²) in [5, 5.41) is 18.9. The number of rotatable bonds is 8. The second-order valence-corrected chi connectivity index (χ2v) is 4.72. The van der Waals surface area contributed by atoms with Crippen LogP contribution in [-0.2, 0) is 6.42 Å². The minimum Gasteiger partial charge on any atom is -0.504 e. The number of hydrogen-bond acceptors (Lipinski definition) is 2. The summed E-state index contributed by atoms with van der Waals surface area (Å²) in [5.74, 6) is 0.774. The Kier molecular flexibility index (Phi) is 6.87. The molecule has 2 N–H and O–H groups in total. The van der Waals surface area contributed by atoms with E-state index in [1.54, 1.807) is 6.07 Å². The highest BCUT2D eigenvalue weighted by Gasteiger charge is 2.04. The van der Waals surface area contributed by atoms with Crippen molar-refractivity contribution in [2.24, 2.45) is 0 Å². The van der Waals surface area contributed by atoms with Gasteiger partial charge in [-0.05, 0) is 30.9 Å². The lowest BCUT2D eigenvalue weighted by molar-refractivity contribution is 0.398. The highest BCUT2D eigenvalue weighted by molar-refractivity contribution is 6.17. The molecule has 3 heteroatoms. The SMILES string of the molecule is Oc1cccc(CCCCCCCCCl)c1O. The van der Waals surface area contributed by atoms with Gasteiger partial charge in [0.2, 0.25) is 0 Å². The highest BCUT2D eigenvalue weighted by atomic mass is 35.5. The van der Waals surface area contributed by atoms with Gasteiger partial charge in [-0.15, -0.1) is 11.6 Å². The van der Waals surface area contributed by atoms with Gasteiger partial charge in [-0.25, -0.2) is 0 Å². The first-order chi connectivity index (χ1) is 8.25. The van der Waals surface area contributed by atoms with Crippen molar-refractivity contribution in [3.63, 3.8) is 0 Å². The van der Waals surface area contributed by atoms with E-state index >= 15 is 0 Å². The molecule has 0 atom stereocenters. The van der Waals surface area contributed by atoms with Crippen molar-refractivity contribution in [3.8, 4) is 11.5 Å². The van der Waals surface area contributed by atoms with E-state index in [2.05, 4.69) is 0 Å². The maximum atomic E-state index is 9.61. The van der Waals surface area contributed by atoms with E-state index in [0.29, 0.717) is 0 Å². The first-order valence-corrected chi connectivity index (χ1v) is 6.85. The maximum Gasteiger partial charge on any atom is 0.160 e. The lowest BCUT2D eigenvalue weighted by Crippen LogP contribution is -1.87. The quantitative estimate of drug-likeness (QED) is 0.415. The molecule has 0 aliphatic carbocycles. The zero-order valence-corrected chi connectivity index (χ0v) is 10.9. The number of benzene rings is 1. The molecule has 0 aromatic heterocycles. The van der Waals surface area contributed by atoms with E-state index in [1.807, 2.05) is 6.07 Å². The van der Waals surface area contributed by atoms with Crippen LogP contribution in [-0.4, -0.2) is 16.1 Å².